The number of hydrogen-bond donors (Lipinski definition) is 0. The van der Waals surface area contributed by atoms with Gasteiger partial charge in [-0.05, 0) is 36.2 Å². The summed E-state index contributed by atoms with van der Waals surface area (Å²) in [6.45, 7) is 2.79. The molecule has 1 heterocycles. The highest BCUT2D eigenvalue weighted by Crippen LogP contribution is 2.21. The van der Waals surface area contributed by atoms with Gasteiger partial charge in [0.1, 0.15) is 12.4 Å². The number of aryl methyl sites for hydroxylation is 1. The van der Waals surface area contributed by atoms with Crippen molar-refractivity contribution in [1.82, 2.24) is 4.90 Å². The third kappa shape index (κ3) is 3.99. The zero-order chi connectivity index (χ0) is 17.8. The van der Waals surface area contributed by atoms with E-state index in [0.717, 1.165) is 16.9 Å². The van der Waals surface area contributed by atoms with E-state index in [1.54, 1.807) is 24.1 Å². The zero-order valence-corrected chi connectivity index (χ0v) is 14.4. The largest absolute Gasteiger partial charge is 0.492 e. The Bertz CT molecular complexity index is 787. The molecule has 3 rings (SSSR count). The highest BCUT2D eigenvalue weighted by molar-refractivity contribution is 5.95. The van der Waals surface area contributed by atoms with Crippen molar-refractivity contribution >= 4 is 11.9 Å². The van der Waals surface area contributed by atoms with Crippen LogP contribution in [0, 0.1) is 6.92 Å². The van der Waals surface area contributed by atoms with Crippen LogP contribution < -0.4 is 4.74 Å². The fourth-order valence-corrected chi connectivity index (χ4v) is 2.83. The van der Waals surface area contributed by atoms with Gasteiger partial charge >= 0.3 is 5.97 Å². The van der Waals surface area contributed by atoms with Crippen molar-refractivity contribution < 1.29 is 19.1 Å². The molecule has 5 nitrogen and oxygen atoms in total. The maximum absolute atomic E-state index is 12.5. The fourth-order valence-electron chi connectivity index (χ4n) is 2.83. The average molecular weight is 339 g/mol. The maximum Gasteiger partial charge on any atom is 0.339 e. The van der Waals surface area contributed by atoms with Crippen molar-refractivity contribution in [3.63, 3.8) is 0 Å². The topological polar surface area (TPSA) is 55.8 Å². The summed E-state index contributed by atoms with van der Waals surface area (Å²) in [6, 6.07) is 15.0. The first-order chi connectivity index (χ1) is 12.0. The van der Waals surface area contributed by atoms with Crippen molar-refractivity contribution in [2.75, 3.05) is 20.2 Å². The molecule has 0 spiro atoms. The Kier molecular flexibility index (Phi) is 5.03. The smallest absolute Gasteiger partial charge is 0.339 e. The highest BCUT2D eigenvalue weighted by Gasteiger charge is 2.32. The summed E-state index contributed by atoms with van der Waals surface area (Å²) in [5.41, 5.74) is 2.51. The predicted octanol–water partition coefficient (Wildman–Crippen LogP) is 2.61. The van der Waals surface area contributed by atoms with Gasteiger partial charge in [0, 0.05) is 13.5 Å². The van der Waals surface area contributed by atoms with Crippen molar-refractivity contribution in [2.24, 2.45) is 0 Å². The van der Waals surface area contributed by atoms with Crippen LogP contribution >= 0.6 is 0 Å². The average Bonchev–Trinajstić information content (AvgIpc) is 2.61. The second-order valence-corrected chi connectivity index (χ2v) is 6.18. The molecule has 0 radical (unpaired) electrons. The summed E-state index contributed by atoms with van der Waals surface area (Å²) in [6.07, 6.45) is -0.365. The number of rotatable bonds is 5. The lowest BCUT2D eigenvalue weighted by molar-refractivity contribution is -0.140. The molecule has 1 aliphatic heterocycles. The number of ether oxygens (including phenoxy) is 2. The number of cyclic esters (lactones) is 1. The van der Waals surface area contributed by atoms with Gasteiger partial charge in [-0.15, -0.1) is 0 Å². The van der Waals surface area contributed by atoms with Crippen molar-refractivity contribution in [3.05, 3.63) is 65.2 Å². The molecule has 5 heteroatoms. The molecular weight excluding hydrogens is 318 g/mol. The Morgan fingerprint density at radius 3 is 2.84 bits per heavy atom. The molecule has 2 aromatic carbocycles. The Labute approximate surface area is 147 Å². The first-order valence-corrected chi connectivity index (χ1v) is 8.28. The Balaban J connectivity index is 1.55. The molecule has 130 valence electrons. The molecule has 0 N–H and O–H groups in total. The molecule has 0 saturated carbocycles. The summed E-state index contributed by atoms with van der Waals surface area (Å²) >= 11 is 0. The van der Waals surface area contributed by atoms with Gasteiger partial charge in [0.15, 0.2) is 6.10 Å². The first-order valence-electron chi connectivity index (χ1n) is 8.28. The molecule has 0 bridgehead atoms. The third-order valence-electron chi connectivity index (χ3n) is 4.23. The van der Waals surface area contributed by atoms with Crippen LogP contribution in [0.1, 0.15) is 21.5 Å². The van der Waals surface area contributed by atoms with Crippen LogP contribution in [0.2, 0.25) is 0 Å². The number of hydrogen-bond acceptors (Lipinski definition) is 4. The van der Waals surface area contributed by atoms with E-state index < -0.39 is 12.1 Å². The van der Waals surface area contributed by atoms with E-state index >= 15 is 0 Å². The number of fused-ring (bicyclic) bond motifs is 1. The van der Waals surface area contributed by atoms with Crippen LogP contribution in [0.3, 0.4) is 0 Å². The molecule has 0 saturated heterocycles. The molecule has 25 heavy (non-hydrogen) atoms. The van der Waals surface area contributed by atoms with Gasteiger partial charge in [-0.1, -0.05) is 30.3 Å². The van der Waals surface area contributed by atoms with Crippen LogP contribution in [-0.4, -0.2) is 43.1 Å². The van der Waals surface area contributed by atoms with E-state index in [0.29, 0.717) is 25.1 Å². The lowest BCUT2D eigenvalue weighted by atomic mass is 9.98. The number of carbonyl (C=O) groups excluding carboxylic acids is 2. The molecule has 1 aliphatic rings. The van der Waals surface area contributed by atoms with E-state index in [2.05, 4.69) is 0 Å². The van der Waals surface area contributed by atoms with E-state index in [1.807, 2.05) is 43.3 Å². The van der Waals surface area contributed by atoms with Crippen LogP contribution in [0.25, 0.3) is 0 Å². The van der Waals surface area contributed by atoms with Gasteiger partial charge in [-0.3, -0.25) is 4.79 Å². The van der Waals surface area contributed by atoms with Crippen LogP contribution in [0.4, 0.5) is 0 Å². The minimum atomic E-state index is -0.772. The summed E-state index contributed by atoms with van der Waals surface area (Å²) in [5, 5.41) is 0. The summed E-state index contributed by atoms with van der Waals surface area (Å²) in [5.74, 6) is 0.124. The van der Waals surface area contributed by atoms with Crippen LogP contribution in [0.15, 0.2) is 48.5 Å². The Hall–Kier alpha value is -2.82. The van der Waals surface area contributed by atoms with Gasteiger partial charge in [-0.2, -0.15) is 0 Å². The van der Waals surface area contributed by atoms with Crippen LogP contribution in [-0.2, 0) is 16.0 Å². The lowest BCUT2D eigenvalue weighted by Crippen LogP contribution is -2.44. The predicted molar refractivity (Wildman–Crippen MR) is 93.7 cm³/mol. The maximum atomic E-state index is 12.5. The van der Waals surface area contributed by atoms with E-state index in [-0.39, 0.29) is 5.91 Å². The Morgan fingerprint density at radius 2 is 2.04 bits per heavy atom. The van der Waals surface area contributed by atoms with Gasteiger partial charge in [0.25, 0.3) is 5.91 Å². The zero-order valence-electron chi connectivity index (χ0n) is 14.4. The summed E-state index contributed by atoms with van der Waals surface area (Å²) in [4.78, 5) is 26.1. The van der Waals surface area contributed by atoms with E-state index in [1.165, 1.54) is 0 Å². The van der Waals surface area contributed by atoms with Crippen molar-refractivity contribution in [1.29, 1.82) is 0 Å². The third-order valence-corrected chi connectivity index (χ3v) is 4.23. The molecule has 0 aromatic heterocycles. The highest BCUT2D eigenvalue weighted by atomic mass is 16.5. The molecule has 0 fully saturated rings. The number of likely N-dealkylation sites (N-methyl/N-ethyl adjacent to an activating group) is 1. The van der Waals surface area contributed by atoms with Gasteiger partial charge in [0.2, 0.25) is 0 Å². The van der Waals surface area contributed by atoms with Crippen LogP contribution in [0.5, 0.6) is 5.75 Å². The molecular formula is C20H21NO4. The number of esters is 1. The van der Waals surface area contributed by atoms with Crippen molar-refractivity contribution in [3.8, 4) is 5.75 Å². The fraction of sp³-hybridized carbons (Fsp3) is 0.300. The molecule has 1 unspecified atom stereocenters. The number of nitrogens with zero attached hydrogens (tertiary/aromatic N) is 1. The second-order valence-electron chi connectivity index (χ2n) is 6.18. The summed E-state index contributed by atoms with van der Waals surface area (Å²) in [7, 11) is 1.69. The molecule has 1 atom stereocenters. The van der Waals surface area contributed by atoms with Gasteiger partial charge < -0.3 is 14.4 Å². The normalized spacial score (nSPS) is 15.9. The van der Waals surface area contributed by atoms with Gasteiger partial charge in [0.05, 0.1) is 12.1 Å². The first kappa shape index (κ1) is 17.0. The lowest BCUT2D eigenvalue weighted by Gasteiger charge is -2.27. The number of benzene rings is 2. The van der Waals surface area contributed by atoms with E-state index in [9.17, 15) is 9.59 Å². The quantitative estimate of drug-likeness (QED) is 0.786. The second kappa shape index (κ2) is 7.38. The standard InChI is InChI=1S/C20H21NO4/c1-14-6-5-8-16(12-14)24-11-10-21(2)19(22)18-13-15-7-3-4-9-17(15)20(23)25-18/h3-9,12,18H,10-11,13H2,1-2H3. The van der Waals surface area contributed by atoms with Crippen molar-refractivity contribution in [2.45, 2.75) is 19.4 Å². The minimum Gasteiger partial charge on any atom is -0.492 e. The SMILES string of the molecule is Cc1cccc(OCCN(C)C(=O)C2Cc3ccccc3C(=O)O2)c1. The Morgan fingerprint density at radius 1 is 1.24 bits per heavy atom. The molecule has 1 amide bonds. The monoisotopic (exact) mass is 339 g/mol. The van der Waals surface area contributed by atoms with E-state index in [4.69, 9.17) is 9.47 Å². The van der Waals surface area contributed by atoms with Gasteiger partial charge in [-0.25, -0.2) is 4.79 Å². The number of carbonyl (C=O) groups is 2. The minimum absolute atomic E-state index is 0.212. The number of amides is 1. The summed E-state index contributed by atoms with van der Waals surface area (Å²) < 4.78 is 11.0. The molecule has 2 aromatic rings. The molecule has 0 aliphatic carbocycles.